The molecule has 0 radical (unpaired) electrons. The van der Waals surface area contributed by atoms with Gasteiger partial charge in [0, 0.05) is 37.1 Å². The number of halogens is 2. The molecule has 4 rings (SSSR count). The average Bonchev–Trinajstić information content (AvgIpc) is 3.18. The number of pyridine rings is 1. The van der Waals surface area contributed by atoms with Crippen molar-refractivity contribution in [3.8, 4) is 16.9 Å². The van der Waals surface area contributed by atoms with E-state index in [0.29, 0.717) is 12.0 Å². The predicted octanol–water partition coefficient (Wildman–Crippen LogP) is 2.17. The third kappa shape index (κ3) is 5.01. The Bertz CT molecular complexity index is 1090. The van der Waals surface area contributed by atoms with Gasteiger partial charge >= 0.3 is 5.69 Å². The molecule has 164 valence electrons. The normalized spacial score (nSPS) is 14.4. The maximum absolute atomic E-state index is 12.8. The van der Waals surface area contributed by atoms with E-state index in [1.807, 2.05) is 18.2 Å². The summed E-state index contributed by atoms with van der Waals surface area (Å²) in [5.41, 5.74) is 8.85. The highest BCUT2D eigenvalue weighted by atomic mass is 35.5. The fourth-order valence-electron chi connectivity index (χ4n) is 3.35. The van der Waals surface area contributed by atoms with Gasteiger partial charge < -0.3 is 15.4 Å². The van der Waals surface area contributed by atoms with Crippen LogP contribution in [0.2, 0.25) is 0 Å². The van der Waals surface area contributed by atoms with Crippen LogP contribution in [0.25, 0.3) is 16.9 Å². The summed E-state index contributed by atoms with van der Waals surface area (Å²) in [7, 11) is 0. The number of benzene rings is 1. The molecule has 8 nitrogen and oxygen atoms in total. The zero-order chi connectivity index (χ0) is 20.9. The second kappa shape index (κ2) is 10.3. The zero-order valence-electron chi connectivity index (χ0n) is 16.9. The molecule has 0 atom stereocenters. The van der Waals surface area contributed by atoms with Crippen LogP contribution in [-0.2, 0) is 11.3 Å². The summed E-state index contributed by atoms with van der Waals surface area (Å²) in [6, 6.07) is 11.7. The molecule has 0 saturated carbocycles. The lowest BCUT2D eigenvalue weighted by Gasteiger charge is -2.28. The Morgan fingerprint density at radius 1 is 1.16 bits per heavy atom. The molecule has 0 unspecified atom stereocenters. The molecule has 0 amide bonds. The highest BCUT2D eigenvalue weighted by molar-refractivity contribution is 5.85. The fraction of sp³-hybridized carbons (Fsp3) is 0.286. The van der Waals surface area contributed by atoms with Crippen LogP contribution in [0.1, 0.15) is 0 Å². The van der Waals surface area contributed by atoms with Crippen molar-refractivity contribution in [1.82, 2.24) is 19.3 Å². The Morgan fingerprint density at radius 3 is 2.58 bits per heavy atom. The van der Waals surface area contributed by atoms with Gasteiger partial charge in [-0.15, -0.1) is 12.4 Å². The van der Waals surface area contributed by atoms with E-state index in [1.54, 1.807) is 12.3 Å². The first-order valence-corrected chi connectivity index (χ1v) is 9.72. The average molecular weight is 447 g/mol. The largest absolute Gasteiger partial charge is 0.378 e. The molecule has 0 aliphatic carbocycles. The molecule has 2 N–H and O–H groups in total. The number of nitrogens with zero attached hydrogens (tertiary/aromatic N) is 5. The van der Waals surface area contributed by atoms with Gasteiger partial charge in [-0.1, -0.05) is 12.1 Å². The zero-order valence-corrected chi connectivity index (χ0v) is 17.7. The quantitative estimate of drug-likeness (QED) is 0.624. The van der Waals surface area contributed by atoms with Crippen molar-refractivity contribution in [2.45, 2.75) is 6.54 Å². The number of aromatic nitrogens is 4. The van der Waals surface area contributed by atoms with E-state index in [2.05, 4.69) is 27.1 Å². The number of morpholine rings is 1. The molecule has 10 heteroatoms. The van der Waals surface area contributed by atoms with Gasteiger partial charge in [-0.05, 0) is 29.8 Å². The molecular formula is C21H24ClFN6O2. The van der Waals surface area contributed by atoms with E-state index in [9.17, 15) is 9.18 Å². The minimum absolute atomic E-state index is 0. The molecule has 1 aromatic carbocycles. The first kappa shape index (κ1) is 22.7. The third-order valence-corrected chi connectivity index (χ3v) is 5.06. The highest BCUT2D eigenvalue weighted by Crippen LogP contribution is 2.23. The van der Waals surface area contributed by atoms with Gasteiger partial charge in [0.2, 0.25) is 0 Å². The Labute approximate surface area is 185 Å². The second-order valence-electron chi connectivity index (χ2n) is 6.96. The van der Waals surface area contributed by atoms with E-state index in [-0.39, 0.29) is 36.8 Å². The van der Waals surface area contributed by atoms with Crippen molar-refractivity contribution in [2.24, 2.45) is 5.73 Å². The first-order valence-electron chi connectivity index (χ1n) is 9.72. The Morgan fingerprint density at radius 2 is 1.90 bits per heavy atom. The maximum atomic E-state index is 12.8. The number of ether oxygens (including phenoxy) is 1. The van der Waals surface area contributed by atoms with Crippen molar-refractivity contribution >= 4 is 18.1 Å². The van der Waals surface area contributed by atoms with Crippen LogP contribution < -0.4 is 16.3 Å². The van der Waals surface area contributed by atoms with Crippen molar-refractivity contribution < 1.29 is 9.13 Å². The molecule has 31 heavy (non-hydrogen) atoms. The van der Waals surface area contributed by atoms with Gasteiger partial charge in [-0.2, -0.15) is 5.10 Å². The van der Waals surface area contributed by atoms with Crippen molar-refractivity contribution in [2.75, 3.05) is 37.7 Å². The molecule has 0 bridgehead atoms. The van der Waals surface area contributed by atoms with E-state index in [4.69, 9.17) is 10.5 Å². The van der Waals surface area contributed by atoms with Crippen LogP contribution >= 0.6 is 12.4 Å². The summed E-state index contributed by atoms with van der Waals surface area (Å²) in [4.78, 5) is 19.4. The lowest BCUT2D eigenvalue weighted by atomic mass is 10.1. The number of hydrogen-bond acceptors (Lipinski definition) is 6. The smallest absolute Gasteiger partial charge is 0.350 e. The summed E-state index contributed by atoms with van der Waals surface area (Å²) in [5.74, 6) is 0. The van der Waals surface area contributed by atoms with Gasteiger partial charge in [0.15, 0.2) is 0 Å². The Hall–Kier alpha value is -3.01. The van der Waals surface area contributed by atoms with E-state index in [1.165, 1.54) is 15.6 Å². The molecule has 3 heterocycles. The highest BCUT2D eigenvalue weighted by Gasteiger charge is 2.12. The molecular weight excluding hydrogens is 423 g/mol. The Kier molecular flexibility index (Phi) is 7.56. The fourth-order valence-corrected chi connectivity index (χ4v) is 3.35. The monoisotopic (exact) mass is 446 g/mol. The predicted molar refractivity (Wildman–Crippen MR) is 120 cm³/mol. The maximum Gasteiger partial charge on any atom is 0.350 e. The summed E-state index contributed by atoms with van der Waals surface area (Å²) in [6.07, 6.45) is 3.48. The van der Waals surface area contributed by atoms with Gasteiger partial charge in [0.05, 0.1) is 37.5 Å². The summed E-state index contributed by atoms with van der Waals surface area (Å²) >= 11 is 0. The van der Waals surface area contributed by atoms with Crippen LogP contribution in [0, 0.1) is 0 Å². The minimum Gasteiger partial charge on any atom is -0.378 e. The summed E-state index contributed by atoms with van der Waals surface area (Å²) < 4.78 is 20.8. The van der Waals surface area contributed by atoms with Crippen LogP contribution in [0.5, 0.6) is 0 Å². The molecule has 1 aliphatic rings. The van der Waals surface area contributed by atoms with Crippen LogP contribution in [0.15, 0.2) is 65.6 Å². The first-order chi connectivity index (χ1) is 14.7. The van der Waals surface area contributed by atoms with Gasteiger partial charge in [0.1, 0.15) is 6.33 Å². The van der Waals surface area contributed by atoms with E-state index < -0.39 is 0 Å². The standard InChI is InChI=1S/C21H23FN6O2.ClH/c22-12-16(13-23)14-28-21(29)27(15-25-28)19-5-6-24-20(11-19)17-1-3-18(4-2-17)26-7-9-30-10-8-26;/h1-6,11-12,15H,7-10,13-14,23H2;1H/b16-12+;. The SMILES string of the molecule is Cl.NC/C(=C\F)Cn1ncn(-c2ccnc(-c3ccc(N4CCOCC4)cc3)c2)c1=O. The molecule has 3 aromatic rings. The molecule has 1 aliphatic heterocycles. The molecule has 2 aromatic heterocycles. The van der Waals surface area contributed by atoms with E-state index in [0.717, 1.165) is 43.2 Å². The minimum atomic E-state index is -0.373. The van der Waals surface area contributed by atoms with Crippen LogP contribution in [-0.4, -0.2) is 52.2 Å². The number of anilines is 1. The lowest BCUT2D eigenvalue weighted by molar-refractivity contribution is 0.122. The van der Waals surface area contributed by atoms with Gasteiger partial charge in [0.25, 0.3) is 0 Å². The topological polar surface area (TPSA) is 91.2 Å². The molecule has 0 spiro atoms. The second-order valence-corrected chi connectivity index (χ2v) is 6.96. The molecule has 1 saturated heterocycles. The van der Waals surface area contributed by atoms with Crippen molar-refractivity contribution in [3.05, 3.63) is 71.3 Å². The van der Waals surface area contributed by atoms with Crippen molar-refractivity contribution in [1.29, 1.82) is 0 Å². The van der Waals surface area contributed by atoms with Crippen molar-refractivity contribution in [3.63, 3.8) is 0 Å². The number of hydrogen-bond donors (Lipinski definition) is 1. The lowest BCUT2D eigenvalue weighted by Crippen LogP contribution is -2.36. The van der Waals surface area contributed by atoms with E-state index >= 15 is 0 Å². The molecule has 1 fully saturated rings. The van der Waals surface area contributed by atoms with Crippen LogP contribution in [0.4, 0.5) is 10.1 Å². The summed E-state index contributed by atoms with van der Waals surface area (Å²) in [6.45, 7) is 3.27. The Balaban J connectivity index is 0.00000272. The van der Waals surface area contributed by atoms with Gasteiger partial charge in [-0.3, -0.25) is 4.98 Å². The number of rotatable bonds is 6. The third-order valence-electron chi connectivity index (χ3n) is 5.06. The summed E-state index contributed by atoms with van der Waals surface area (Å²) in [5, 5.41) is 4.06. The number of nitrogens with two attached hydrogens (primary N) is 1. The van der Waals surface area contributed by atoms with Crippen LogP contribution in [0.3, 0.4) is 0 Å². The van der Waals surface area contributed by atoms with Gasteiger partial charge in [-0.25, -0.2) is 18.4 Å².